The Morgan fingerprint density at radius 3 is 2.60 bits per heavy atom. The summed E-state index contributed by atoms with van der Waals surface area (Å²) in [7, 11) is 1.78. The molecule has 1 heterocycles. The van der Waals surface area contributed by atoms with E-state index in [9.17, 15) is 4.79 Å². The van der Waals surface area contributed by atoms with Gasteiger partial charge in [-0.25, -0.2) is 4.79 Å². The molecule has 10 heavy (non-hydrogen) atoms. The Balaban J connectivity index is 2.73. The lowest BCUT2D eigenvalue weighted by atomic mass is 10.0. The first-order chi connectivity index (χ1) is 4.60. The van der Waals surface area contributed by atoms with E-state index in [-0.39, 0.29) is 11.6 Å². The van der Waals surface area contributed by atoms with Crippen LogP contribution in [0.25, 0.3) is 0 Å². The Hall–Kier alpha value is -0.730. The van der Waals surface area contributed by atoms with Crippen molar-refractivity contribution in [2.45, 2.75) is 25.8 Å². The first-order valence-electron chi connectivity index (χ1n) is 3.51. The summed E-state index contributed by atoms with van der Waals surface area (Å²) in [5, 5.41) is 0. The summed E-state index contributed by atoms with van der Waals surface area (Å²) >= 11 is 0. The van der Waals surface area contributed by atoms with E-state index in [1.807, 2.05) is 6.92 Å². The summed E-state index contributed by atoms with van der Waals surface area (Å²) in [5.74, 6) is 0. The van der Waals surface area contributed by atoms with Crippen LogP contribution in [0.4, 0.5) is 4.79 Å². The fourth-order valence-electron chi connectivity index (χ4n) is 0.970. The predicted octanol–water partition coefficient (Wildman–Crippen LogP) is 1.24. The van der Waals surface area contributed by atoms with Crippen molar-refractivity contribution in [2.75, 3.05) is 13.7 Å². The largest absolute Gasteiger partial charge is 0.447 e. The number of hydrogen-bond acceptors (Lipinski definition) is 2. The number of amides is 1. The van der Waals surface area contributed by atoms with E-state index >= 15 is 0 Å². The first-order valence-corrected chi connectivity index (χ1v) is 3.51. The molecule has 0 aliphatic carbocycles. The fraction of sp³-hybridized carbons (Fsp3) is 0.857. The second kappa shape index (κ2) is 2.15. The van der Waals surface area contributed by atoms with Crippen molar-refractivity contribution in [1.29, 1.82) is 0 Å². The molecule has 1 amide bonds. The maximum absolute atomic E-state index is 10.9. The number of hydrogen-bond donors (Lipinski definition) is 0. The van der Waals surface area contributed by atoms with Gasteiger partial charge in [0.2, 0.25) is 0 Å². The number of likely N-dealkylation sites (N-methyl/N-ethyl adjacent to an activating group) is 1. The summed E-state index contributed by atoms with van der Waals surface area (Å²) < 4.78 is 4.86. The van der Waals surface area contributed by atoms with Crippen LogP contribution in [0, 0.1) is 0 Å². The molecule has 0 saturated carbocycles. The highest BCUT2D eigenvalue weighted by atomic mass is 16.6. The molecule has 58 valence electrons. The van der Waals surface area contributed by atoms with Gasteiger partial charge in [0.05, 0.1) is 5.54 Å². The van der Waals surface area contributed by atoms with Crippen LogP contribution in [0.2, 0.25) is 0 Å². The van der Waals surface area contributed by atoms with Gasteiger partial charge in [0.25, 0.3) is 0 Å². The molecule has 0 radical (unpaired) electrons. The molecule has 1 atom stereocenters. The first kappa shape index (κ1) is 7.38. The van der Waals surface area contributed by atoms with Crippen molar-refractivity contribution in [3.8, 4) is 0 Å². The molecule has 1 unspecified atom stereocenters. The average molecular weight is 143 g/mol. The topological polar surface area (TPSA) is 29.5 Å². The SMILES string of the molecule is CCC1(C)COC(=O)N1C. The molecule has 1 fully saturated rings. The Morgan fingerprint density at radius 2 is 2.40 bits per heavy atom. The molecule has 1 rings (SSSR count). The third-order valence-corrected chi connectivity index (χ3v) is 2.35. The number of ether oxygens (including phenoxy) is 1. The number of carbonyl (C=O) groups excluding carboxylic acids is 1. The zero-order valence-electron chi connectivity index (χ0n) is 6.68. The van der Waals surface area contributed by atoms with Gasteiger partial charge in [-0.1, -0.05) is 6.92 Å². The van der Waals surface area contributed by atoms with Crippen molar-refractivity contribution in [2.24, 2.45) is 0 Å². The quantitative estimate of drug-likeness (QED) is 0.552. The van der Waals surface area contributed by atoms with E-state index in [0.29, 0.717) is 6.61 Å². The molecular weight excluding hydrogens is 130 g/mol. The Morgan fingerprint density at radius 1 is 1.80 bits per heavy atom. The lowest BCUT2D eigenvalue weighted by molar-refractivity contribution is 0.162. The molecule has 1 aliphatic heterocycles. The van der Waals surface area contributed by atoms with Gasteiger partial charge in [-0.05, 0) is 13.3 Å². The normalized spacial score (nSPS) is 32.7. The number of carbonyl (C=O) groups is 1. The summed E-state index contributed by atoms with van der Waals surface area (Å²) in [4.78, 5) is 12.5. The van der Waals surface area contributed by atoms with E-state index in [0.717, 1.165) is 6.42 Å². The van der Waals surface area contributed by atoms with E-state index in [1.54, 1.807) is 11.9 Å². The third kappa shape index (κ3) is 0.856. The second-order valence-electron chi connectivity index (χ2n) is 2.96. The van der Waals surface area contributed by atoms with Crippen LogP contribution in [-0.2, 0) is 4.74 Å². The van der Waals surface area contributed by atoms with Gasteiger partial charge in [-0.15, -0.1) is 0 Å². The van der Waals surface area contributed by atoms with E-state index in [1.165, 1.54) is 0 Å². The van der Waals surface area contributed by atoms with E-state index < -0.39 is 0 Å². The van der Waals surface area contributed by atoms with Gasteiger partial charge in [0.1, 0.15) is 6.61 Å². The lowest BCUT2D eigenvalue weighted by Crippen LogP contribution is -2.40. The zero-order valence-corrected chi connectivity index (χ0v) is 6.68. The minimum absolute atomic E-state index is 0.0723. The zero-order chi connectivity index (χ0) is 7.78. The Labute approximate surface area is 61.0 Å². The van der Waals surface area contributed by atoms with Gasteiger partial charge in [-0.2, -0.15) is 0 Å². The average Bonchev–Trinajstić information content (AvgIpc) is 2.19. The molecule has 0 bridgehead atoms. The molecule has 3 nitrogen and oxygen atoms in total. The van der Waals surface area contributed by atoms with Crippen LogP contribution in [0.3, 0.4) is 0 Å². The predicted molar refractivity (Wildman–Crippen MR) is 37.8 cm³/mol. The summed E-state index contributed by atoms with van der Waals surface area (Å²) in [6.45, 7) is 4.61. The highest BCUT2D eigenvalue weighted by Gasteiger charge is 2.39. The van der Waals surface area contributed by atoms with E-state index in [4.69, 9.17) is 4.74 Å². The smallest absolute Gasteiger partial charge is 0.410 e. The van der Waals surface area contributed by atoms with Gasteiger partial charge in [-0.3, -0.25) is 0 Å². The minimum Gasteiger partial charge on any atom is -0.447 e. The number of rotatable bonds is 1. The van der Waals surface area contributed by atoms with Gasteiger partial charge < -0.3 is 9.64 Å². The van der Waals surface area contributed by atoms with Crippen LogP contribution in [0.15, 0.2) is 0 Å². The molecule has 0 spiro atoms. The summed E-state index contributed by atoms with van der Waals surface area (Å²) in [6.07, 6.45) is 0.735. The number of cyclic esters (lactones) is 1. The number of nitrogens with zero attached hydrogens (tertiary/aromatic N) is 1. The highest BCUT2D eigenvalue weighted by molar-refractivity contribution is 5.70. The Bertz CT molecular complexity index is 158. The van der Waals surface area contributed by atoms with Crippen LogP contribution < -0.4 is 0 Å². The monoisotopic (exact) mass is 143 g/mol. The molecule has 0 aromatic heterocycles. The molecule has 1 saturated heterocycles. The van der Waals surface area contributed by atoms with Crippen LogP contribution >= 0.6 is 0 Å². The van der Waals surface area contributed by atoms with Crippen molar-refractivity contribution in [3.63, 3.8) is 0 Å². The Kier molecular flexibility index (Phi) is 1.58. The fourth-order valence-corrected chi connectivity index (χ4v) is 0.970. The molecule has 0 N–H and O–H groups in total. The van der Waals surface area contributed by atoms with Crippen molar-refractivity contribution in [3.05, 3.63) is 0 Å². The summed E-state index contributed by atoms with van der Waals surface area (Å²) in [5.41, 5.74) is -0.0723. The van der Waals surface area contributed by atoms with Crippen molar-refractivity contribution in [1.82, 2.24) is 4.90 Å². The van der Waals surface area contributed by atoms with E-state index in [2.05, 4.69) is 6.92 Å². The van der Waals surface area contributed by atoms with Crippen molar-refractivity contribution >= 4 is 6.09 Å². The van der Waals surface area contributed by atoms with Gasteiger partial charge in [0, 0.05) is 7.05 Å². The van der Waals surface area contributed by atoms with Crippen molar-refractivity contribution < 1.29 is 9.53 Å². The maximum atomic E-state index is 10.9. The molecule has 0 aromatic carbocycles. The molecular formula is C7H13NO2. The molecule has 3 heteroatoms. The minimum atomic E-state index is -0.204. The molecule has 1 aliphatic rings. The summed E-state index contributed by atoms with van der Waals surface area (Å²) in [6, 6.07) is 0. The van der Waals surface area contributed by atoms with Crippen LogP contribution in [0.1, 0.15) is 20.3 Å². The van der Waals surface area contributed by atoms with Gasteiger partial charge >= 0.3 is 6.09 Å². The highest BCUT2D eigenvalue weighted by Crippen LogP contribution is 2.24. The van der Waals surface area contributed by atoms with Crippen LogP contribution in [-0.4, -0.2) is 30.2 Å². The van der Waals surface area contributed by atoms with Gasteiger partial charge in [0.15, 0.2) is 0 Å². The second-order valence-corrected chi connectivity index (χ2v) is 2.96. The maximum Gasteiger partial charge on any atom is 0.410 e. The lowest BCUT2D eigenvalue weighted by Gasteiger charge is -2.26. The standard InChI is InChI=1S/C7H13NO2/c1-4-7(2)5-10-6(9)8(7)3/h4-5H2,1-3H3. The molecule has 0 aromatic rings. The third-order valence-electron chi connectivity index (χ3n) is 2.35. The van der Waals surface area contributed by atoms with Crippen LogP contribution in [0.5, 0.6) is 0 Å².